The second kappa shape index (κ2) is 8.13. The van der Waals surface area contributed by atoms with E-state index in [9.17, 15) is 4.79 Å². The highest BCUT2D eigenvalue weighted by Crippen LogP contribution is 2.19. The molecule has 3 heteroatoms. The SMILES string of the molecule is COC(=O)CCC(=N[C@@H](C)c1ccccc1)c1ccccc1. The van der Waals surface area contributed by atoms with Crippen LogP contribution >= 0.6 is 0 Å². The van der Waals surface area contributed by atoms with Gasteiger partial charge < -0.3 is 4.74 Å². The molecule has 114 valence electrons. The Morgan fingerprint density at radius 2 is 1.59 bits per heavy atom. The third-order valence-corrected chi connectivity index (χ3v) is 3.53. The van der Waals surface area contributed by atoms with E-state index in [2.05, 4.69) is 19.1 Å². The van der Waals surface area contributed by atoms with Gasteiger partial charge in [-0.1, -0.05) is 60.7 Å². The zero-order valence-electron chi connectivity index (χ0n) is 13.0. The van der Waals surface area contributed by atoms with Gasteiger partial charge in [0.05, 0.1) is 19.6 Å². The number of carbonyl (C=O) groups is 1. The summed E-state index contributed by atoms with van der Waals surface area (Å²) in [6, 6.07) is 20.2. The van der Waals surface area contributed by atoms with Crippen LogP contribution in [0.2, 0.25) is 0 Å². The Labute approximate surface area is 131 Å². The van der Waals surface area contributed by atoms with Crippen LogP contribution in [-0.4, -0.2) is 18.8 Å². The van der Waals surface area contributed by atoms with Crippen molar-refractivity contribution in [3.63, 3.8) is 0 Å². The lowest BCUT2D eigenvalue weighted by Gasteiger charge is -2.12. The van der Waals surface area contributed by atoms with E-state index < -0.39 is 0 Å². The molecule has 2 rings (SSSR count). The van der Waals surface area contributed by atoms with Crippen molar-refractivity contribution in [1.29, 1.82) is 0 Å². The van der Waals surface area contributed by atoms with Crippen molar-refractivity contribution >= 4 is 11.7 Å². The van der Waals surface area contributed by atoms with Crippen molar-refractivity contribution in [3.05, 3.63) is 71.8 Å². The number of aliphatic imine (C=N–C) groups is 1. The lowest BCUT2D eigenvalue weighted by atomic mass is 10.0. The molecule has 2 aromatic rings. The Morgan fingerprint density at radius 1 is 1.00 bits per heavy atom. The fourth-order valence-electron chi connectivity index (χ4n) is 2.28. The van der Waals surface area contributed by atoms with Gasteiger partial charge >= 0.3 is 5.97 Å². The normalized spacial score (nSPS) is 12.7. The number of nitrogens with zero attached hydrogens (tertiary/aromatic N) is 1. The molecule has 2 aromatic carbocycles. The molecule has 22 heavy (non-hydrogen) atoms. The van der Waals surface area contributed by atoms with Crippen LogP contribution < -0.4 is 0 Å². The van der Waals surface area contributed by atoms with Gasteiger partial charge in [0.15, 0.2) is 0 Å². The maximum atomic E-state index is 11.4. The van der Waals surface area contributed by atoms with Crippen molar-refractivity contribution in [1.82, 2.24) is 0 Å². The molecule has 0 aliphatic carbocycles. The molecular formula is C19H21NO2. The summed E-state index contributed by atoms with van der Waals surface area (Å²) >= 11 is 0. The molecule has 0 heterocycles. The van der Waals surface area contributed by atoms with Crippen LogP contribution in [-0.2, 0) is 9.53 Å². The number of hydrogen-bond acceptors (Lipinski definition) is 3. The quantitative estimate of drug-likeness (QED) is 0.592. The molecule has 1 atom stereocenters. The molecule has 0 aliphatic rings. The van der Waals surface area contributed by atoms with Gasteiger partial charge in [-0.3, -0.25) is 9.79 Å². The number of ether oxygens (including phenoxy) is 1. The molecular weight excluding hydrogens is 274 g/mol. The Kier molecular flexibility index (Phi) is 5.90. The van der Waals surface area contributed by atoms with Crippen molar-refractivity contribution in [2.45, 2.75) is 25.8 Å². The topological polar surface area (TPSA) is 38.7 Å². The summed E-state index contributed by atoms with van der Waals surface area (Å²) in [6.07, 6.45) is 0.916. The molecule has 0 fully saturated rings. The highest BCUT2D eigenvalue weighted by Gasteiger charge is 2.10. The summed E-state index contributed by atoms with van der Waals surface area (Å²) < 4.78 is 4.73. The van der Waals surface area contributed by atoms with Gasteiger partial charge in [0.25, 0.3) is 0 Å². The van der Waals surface area contributed by atoms with Crippen LogP contribution in [0.15, 0.2) is 65.7 Å². The standard InChI is InChI=1S/C19H21NO2/c1-15(16-9-5-3-6-10-16)20-18(13-14-19(21)22-2)17-11-7-4-8-12-17/h3-12,15H,13-14H2,1-2H3/t15-/m0/s1. The molecule has 3 nitrogen and oxygen atoms in total. The van der Waals surface area contributed by atoms with Gasteiger partial charge in [0.1, 0.15) is 0 Å². The van der Waals surface area contributed by atoms with Crippen molar-refractivity contribution in [3.8, 4) is 0 Å². The lowest BCUT2D eigenvalue weighted by molar-refractivity contribution is -0.140. The van der Waals surface area contributed by atoms with E-state index in [4.69, 9.17) is 9.73 Å². The van der Waals surface area contributed by atoms with Gasteiger partial charge in [-0.2, -0.15) is 0 Å². The van der Waals surface area contributed by atoms with Gasteiger partial charge in [0, 0.05) is 12.1 Å². The molecule has 0 saturated carbocycles. The first-order valence-electron chi connectivity index (χ1n) is 7.44. The minimum absolute atomic E-state index is 0.0500. The smallest absolute Gasteiger partial charge is 0.305 e. The molecule has 0 amide bonds. The van der Waals surface area contributed by atoms with Gasteiger partial charge in [-0.05, 0) is 18.1 Å². The number of esters is 1. The van der Waals surface area contributed by atoms with E-state index in [-0.39, 0.29) is 12.0 Å². The maximum absolute atomic E-state index is 11.4. The van der Waals surface area contributed by atoms with Crippen LogP contribution in [0.5, 0.6) is 0 Å². The second-order valence-corrected chi connectivity index (χ2v) is 5.10. The number of benzene rings is 2. The summed E-state index contributed by atoms with van der Waals surface area (Å²) in [5.74, 6) is -0.212. The van der Waals surface area contributed by atoms with Crippen LogP contribution in [0.3, 0.4) is 0 Å². The number of rotatable bonds is 6. The van der Waals surface area contributed by atoms with Gasteiger partial charge in [-0.15, -0.1) is 0 Å². The Morgan fingerprint density at radius 3 is 2.18 bits per heavy atom. The molecule has 0 unspecified atom stereocenters. The Hall–Kier alpha value is -2.42. The van der Waals surface area contributed by atoms with Gasteiger partial charge in [-0.25, -0.2) is 0 Å². The average molecular weight is 295 g/mol. The van der Waals surface area contributed by atoms with Crippen molar-refractivity contribution in [2.75, 3.05) is 7.11 Å². The van der Waals surface area contributed by atoms with Crippen LogP contribution in [0.1, 0.15) is 36.9 Å². The summed E-state index contributed by atoms with van der Waals surface area (Å²) in [6.45, 7) is 2.07. The monoisotopic (exact) mass is 295 g/mol. The summed E-state index contributed by atoms with van der Waals surface area (Å²) in [5.41, 5.74) is 3.14. The number of carbonyl (C=O) groups excluding carboxylic acids is 1. The molecule has 0 radical (unpaired) electrons. The highest BCUT2D eigenvalue weighted by molar-refractivity contribution is 6.01. The van der Waals surface area contributed by atoms with E-state index in [1.165, 1.54) is 7.11 Å². The second-order valence-electron chi connectivity index (χ2n) is 5.10. The third-order valence-electron chi connectivity index (χ3n) is 3.53. The molecule has 0 bridgehead atoms. The number of methoxy groups -OCH3 is 1. The summed E-state index contributed by atoms with van der Waals surface area (Å²) in [5, 5.41) is 0. The van der Waals surface area contributed by atoms with E-state index in [0.29, 0.717) is 12.8 Å². The minimum Gasteiger partial charge on any atom is -0.469 e. The molecule has 0 N–H and O–H groups in total. The molecule has 0 aliphatic heterocycles. The maximum Gasteiger partial charge on any atom is 0.305 e. The average Bonchev–Trinajstić information content (AvgIpc) is 2.59. The predicted octanol–water partition coefficient (Wildman–Crippen LogP) is 4.19. The third kappa shape index (κ3) is 4.55. The lowest BCUT2D eigenvalue weighted by Crippen LogP contribution is -2.08. The number of hydrogen-bond donors (Lipinski definition) is 0. The first-order valence-corrected chi connectivity index (χ1v) is 7.44. The molecule has 0 saturated heterocycles. The van der Waals surface area contributed by atoms with E-state index >= 15 is 0 Å². The van der Waals surface area contributed by atoms with Crippen molar-refractivity contribution in [2.24, 2.45) is 4.99 Å². The molecule has 0 aromatic heterocycles. The zero-order chi connectivity index (χ0) is 15.8. The van der Waals surface area contributed by atoms with E-state index in [1.54, 1.807) is 0 Å². The first kappa shape index (κ1) is 16.0. The first-order chi connectivity index (χ1) is 10.7. The largest absolute Gasteiger partial charge is 0.469 e. The summed E-state index contributed by atoms with van der Waals surface area (Å²) in [7, 11) is 1.41. The molecule has 0 spiro atoms. The summed E-state index contributed by atoms with van der Waals surface area (Å²) in [4.78, 5) is 16.3. The van der Waals surface area contributed by atoms with E-state index in [0.717, 1.165) is 16.8 Å². The Bertz CT molecular complexity index is 620. The fourth-order valence-corrected chi connectivity index (χ4v) is 2.28. The highest BCUT2D eigenvalue weighted by atomic mass is 16.5. The van der Waals surface area contributed by atoms with Gasteiger partial charge in [0.2, 0.25) is 0 Å². The van der Waals surface area contributed by atoms with Crippen molar-refractivity contribution < 1.29 is 9.53 Å². The van der Waals surface area contributed by atoms with Crippen LogP contribution in [0.25, 0.3) is 0 Å². The van der Waals surface area contributed by atoms with Crippen LogP contribution in [0, 0.1) is 0 Å². The fraction of sp³-hybridized carbons (Fsp3) is 0.263. The van der Waals surface area contributed by atoms with Crippen LogP contribution in [0.4, 0.5) is 0 Å². The van der Waals surface area contributed by atoms with E-state index in [1.807, 2.05) is 48.5 Å². The predicted molar refractivity (Wildman–Crippen MR) is 89.1 cm³/mol. The zero-order valence-corrected chi connectivity index (χ0v) is 13.0. The Balaban J connectivity index is 2.23. The minimum atomic E-state index is -0.212.